The van der Waals surface area contributed by atoms with Crippen LogP contribution >= 0.6 is 0 Å². The van der Waals surface area contributed by atoms with Crippen molar-refractivity contribution >= 4 is 27.3 Å². The van der Waals surface area contributed by atoms with Gasteiger partial charge in [0.05, 0.1) is 29.7 Å². The summed E-state index contributed by atoms with van der Waals surface area (Å²) in [5.74, 6) is 4.75. The Bertz CT molecular complexity index is 994. The number of nitro benzene ring substituents is 1. The largest absolute Gasteiger partial charge is 0.497 e. The van der Waals surface area contributed by atoms with Crippen LogP contribution in [0, 0.1) is 10.1 Å². The zero-order valence-electron chi connectivity index (χ0n) is 15.0. The molecule has 0 bridgehead atoms. The van der Waals surface area contributed by atoms with Gasteiger partial charge in [-0.25, -0.2) is 14.3 Å². The van der Waals surface area contributed by atoms with Crippen LogP contribution in [0.4, 0.5) is 11.4 Å². The third-order valence-electron chi connectivity index (χ3n) is 3.72. The van der Waals surface area contributed by atoms with Crippen LogP contribution in [0.1, 0.15) is 0 Å². The lowest BCUT2D eigenvalue weighted by Crippen LogP contribution is -2.43. The molecule has 0 aliphatic carbocycles. The van der Waals surface area contributed by atoms with Crippen molar-refractivity contribution in [2.24, 2.45) is 5.84 Å². The molecular formula is C16H18N4O7S. The molecular weight excluding hydrogens is 392 g/mol. The summed E-state index contributed by atoms with van der Waals surface area (Å²) in [6.45, 7) is -0.689. The van der Waals surface area contributed by atoms with Gasteiger partial charge in [0.2, 0.25) is 0 Å². The summed E-state index contributed by atoms with van der Waals surface area (Å²) in [6, 6.07) is 8.83. The zero-order valence-corrected chi connectivity index (χ0v) is 15.8. The molecule has 2 aromatic rings. The summed E-state index contributed by atoms with van der Waals surface area (Å²) in [4.78, 5) is 21.8. The second-order valence-corrected chi connectivity index (χ2v) is 7.23. The molecule has 0 saturated carbocycles. The van der Waals surface area contributed by atoms with Crippen molar-refractivity contribution < 1.29 is 27.6 Å². The van der Waals surface area contributed by atoms with Crippen LogP contribution in [0.2, 0.25) is 0 Å². The normalized spacial score (nSPS) is 10.8. The summed E-state index contributed by atoms with van der Waals surface area (Å²) >= 11 is 0. The van der Waals surface area contributed by atoms with Gasteiger partial charge in [0.15, 0.2) is 0 Å². The third kappa shape index (κ3) is 4.29. The standard InChI is InChI=1S/C16H18N4O7S/c1-26-12-6-7-15(27-2)14(9-12)19(10-16(21)18-17)28(24,25)13-5-3-4-11(8-13)20(22)23/h3-9H,10,17H2,1-2H3,(H,18,21). The van der Waals surface area contributed by atoms with Crippen LogP contribution in [0.3, 0.4) is 0 Å². The molecule has 0 heterocycles. The van der Waals surface area contributed by atoms with Crippen molar-refractivity contribution in [2.45, 2.75) is 4.90 Å². The minimum Gasteiger partial charge on any atom is -0.497 e. The Labute approximate surface area is 160 Å². The van der Waals surface area contributed by atoms with E-state index >= 15 is 0 Å². The number of benzene rings is 2. The van der Waals surface area contributed by atoms with E-state index in [2.05, 4.69) is 0 Å². The van der Waals surface area contributed by atoms with Gasteiger partial charge < -0.3 is 9.47 Å². The van der Waals surface area contributed by atoms with Gasteiger partial charge in [0, 0.05) is 18.2 Å². The Balaban J connectivity index is 2.68. The van der Waals surface area contributed by atoms with Gasteiger partial charge in [-0.1, -0.05) is 6.07 Å². The summed E-state index contributed by atoms with van der Waals surface area (Å²) in [6.07, 6.45) is 0. The van der Waals surface area contributed by atoms with Gasteiger partial charge in [0.1, 0.15) is 18.0 Å². The number of rotatable bonds is 8. The maximum atomic E-state index is 13.2. The second-order valence-electron chi connectivity index (χ2n) is 5.37. The predicted molar refractivity (Wildman–Crippen MR) is 99.5 cm³/mol. The Kier molecular flexibility index (Phi) is 6.38. The number of nitrogens with two attached hydrogens (primary N) is 1. The lowest BCUT2D eigenvalue weighted by atomic mass is 10.2. The van der Waals surface area contributed by atoms with Crippen LogP contribution in [-0.4, -0.2) is 40.0 Å². The second kappa shape index (κ2) is 8.54. The summed E-state index contributed by atoms with van der Waals surface area (Å²) < 4.78 is 37.5. The van der Waals surface area contributed by atoms with Crippen LogP contribution in [-0.2, 0) is 14.8 Å². The van der Waals surface area contributed by atoms with E-state index < -0.39 is 33.1 Å². The van der Waals surface area contributed by atoms with Crippen LogP contribution < -0.4 is 25.0 Å². The van der Waals surface area contributed by atoms with Crippen molar-refractivity contribution in [1.29, 1.82) is 0 Å². The maximum absolute atomic E-state index is 13.2. The fourth-order valence-electron chi connectivity index (χ4n) is 2.35. The van der Waals surface area contributed by atoms with E-state index in [1.54, 1.807) is 6.07 Å². The van der Waals surface area contributed by atoms with Gasteiger partial charge in [-0.15, -0.1) is 0 Å². The van der Waals surface area contributed by atoms with Crippen molar-refractivity contribution in [3.63, 3.8) is 0 Å². The van der Waals surface area contributed by atoms with Crippen molar-refractivity contribution in [3.8, 4) is 11.5 Å². The number of non-ortho nitro benzene ring substituents is 1. The fourth-order valence-corrected chi connectivity index (χ4v) is 3.82. The SMILES string of the molecule is COc1ccc(OC)c(N(CC(=O)NN)S(=O)(=O)c2cccc([N+](=O)[O-])c2)c1. The Morgan fingerprint density at radius 3 is 2.50 bits per heavy atom. The first-order valence-corrected chi connectivity index (χ1v) is 9.17. The molecule has 2 rings (SSSR count). The molecule has 0 aliphatic heterocycles. The number of carbonyl (C=O) groups excluding carboxylic acids is 1. The minimum atomic E-state index is -4.40. The molecule has 0 aliphatic rings. The van der Waals surface area contributed by atoms with E-state index in [9.17, 15) is 23.3 Å². The number of nitro groups is 1. The number of hydrogen-bond donors (Lipinski definition) is 2. The number of hydrogen-bond acceptors (Lipinski definition) is 8. The molecule has 0 atom stereocenters. The lowest BCUT2D eigenvalue weighted by Gasteiger charge is -2.25. The summed E-state index contributed by atoms with van der Waals surface area (Å²) in [5, 5.41) is 11.0. The molecule has 11 nitrogen and oxygen atoms in total. The highest BCUT2D eigenvalue weighted by Crippen LogP contribution is 2.36. The Morgan fingerprint density at radius 2 is 1.93 bits per heavy atom. The molecule has 28 heavy (non-hydrogen) atoms. The van der Waals surface area contributed by atoms with Gasteiger partial charge in [-0.3, -0.25) is 24.6 Å². The topological polar surface area (TPSA) is 154 Å². The molecule has 1 amide bonds. The third-order valence-corrected chi connectivity index (χ3v) is 5.48. The van der Waals surface area contributed by atoms with E-state index in [1.807, 2.05) is 5.43 Å². The number of methoxy groups -OCH3 is 2. The highest BCUT2D eigenvalue weighted by Gasteiger charge is 2.30. The highest BCUT2D eigenvalue weighted by molar-refractivity contribution is 7.92. The molecule has 0 unspecified atom stereocenters. The molecule has 0 fully saturated rings. The van der Waals surface area contributed by atoms with E-state index in [0.717, 1.165) is 16.4 Å². The first-order chi connectivity index (χ1) is 13.2. The molecule has 0 spiro atoms. The molecule has 0 radical (unpaired) electrons. The van der Waals surface area contributed by atoms with Crippen molar-refractivity contribution in [2.75, 3.05) is 25.1 Å². The smallest absolute Gasteiger partial charge is 0.270 e. The monoisotopic (exact) mass is 410 g/mol. The quantitative estimate of drug-likeness (QED) is 0.280. The number of carbonyl (C=O) groups is 1. The Hall–Kier alpha value is -3.38. The van der Waals surface area contributed by atoms with Gasteiger partial charge in [-0.05, 0) is 18.2 Å². The fraction of sp³-hybridized carbons (Fsp3) is 0.188. The van der Waals surface area contributed by atoms with Gasteiger partial charge >= 0.3 is 0 Å². The summed E-state index contributed by atoms with van der Waals surface area (Å²) in [5.41, 5.74) is 1.44. The van der Waals surface area contributed by atoms with Crippen LogP contribution in [0.15, 0.2) is 47.4 Å². The number of sulfonamides is 1. The molecule has 2 aromatic carbocycles. The van der Waals surface area contributed by atoms with E-state index in [4.69, 9.17) is 15.3 Å². The first kappa shape index (κ1) is 20.9. The number of ether oxygens (including phenoxy) is 2. The van der Waals surface area contributed by atoms with Crippen molar-refractivity contribution in [3.05, 3.63) is 52.6 Å². The van der Waals surface area contributed by atoms with E-state index in [-0.39, 0.29) is 16.3 Å². The summed E-state index contributed by atoms with van der Waals surface area (Å²) in [7, 11) is -1.68. The lowest BCUT2D eigenvalue weighted by molar-refractivity contribution is -0.385. The number of nitrogens with one attached hydrogen (secondary N) is 1. The average Bonchev–Trinajstić information content (AvgIpc) is 2.71. The van der Waals surface area contributed by atoms with Crippen LogP contribution in [0.5, 0.6) is 11.5 Å². The number of nitrogens with zero attached hydrogens (tertiary/aromatic N) is 2. The molecule has 3 N–H and O–H groups in total. The maximum Gasteiger partial charge on any atom is 0.270 e. The highest BCUT2D eigenvalue weighted by atomic mass is 32.2. The van der Waals surface area contributed by atoms with Crippen molar-refractivity contribution in [1.82, 2.24) is 5.43 Å². The Morgan fingerprint density at radius 1 is 1.21 bits per heavy atom. The van der Waals surface area contributed by atoms with Gasteiger partial charge in [0.25, 0.3) is 21.6 Å². The van der Waals surface area contributed by atoms with E-state index in [1.165, 1.54) is 38.5 Å². The van der Waals surface area contributed by atoms with Crippen LogP contribution in [0.25, 0.3) is 0 Å². The predicted octanol–water partition coefficient (Wildman–Crippen LogP) is 0.797. The molecule has 0 aromatic heterocycles. The molecule has 150 valence electrons. The minimum absolute atomic E-state index is 0.00282. The number of hydrazine groups is 1. The molecule has 12 heteroatoms. The zero-order chi connectivity index (χ0) is 20.9. The number of anilines is 1. The first-order valence-electron chi connectivity index (χ1n) is 7.73. The number of amides is 1. The van der Waals surface area contributed by atoms with Gasteiger partial charge in [-0.2, -0.15) is 0 Å². The molecule has 0 saturated heterocycles. The van der Waals surface area contributed by atoms with E-state index in [0.29, 0.717) is 5.75 Å². The average molecular weight is 410 g/mol.